The number of piperidine rings is 1. The third-order valence-electron chi connectivity index (χ3n) is 5.75. The summed E-state index contributed by atoms with van der Waals surface area (Å²) < 4.78 is 31.7. The zero-order chi connectivity index (χ0) is 24.9. The van der Waals surface area contributed by atoms with Gasteiger partial charge in [-0.3, -0.25) is 14.6 Å². The van der Waals surface area contributed by atoms with Crippen molar-refractivity contribution in [2.24, 2.45) is 5.92 Å². The van der Waals surface area contributed by atoms with E-state index in [2.05, 4.69) is 46.1 Å². The summed E-state index contributed by atoms with van der Waals surface area (Å²) in [7, 11) is 1.82. The molecule has 0 aliphatic carbocycles. The Morgan fingerprint density at radius 1 is 1.24 bits per heavy atom. The summed E-state index contributed by atoms with van der Waals surface area (Å²) in [6.07, 6.45) is -1.37. The number of likely N-dealkylation sites (tertiary alicyclic amines) is 1. The predicted molar refractivity (Wildman–Crippen MR) is 122 cm³/mol. The number of rotatable bonds is 4. The molecule has 3 aromatic rings. The molecule has 1 amide bonds. The van der Waals surface area contributed by atoms with Crippen LogP contribution in [0.3, 0.4) is 0 Å². The number of carbonyl (C=O) groups excluding carboxylic acids is 1. The number of aromatic nitrogens is 2. The number of carboxylic acids is 1. The van der Waals surface area contributed by atoms with Crippen molar-refractivity contribution in [3.8, 4) is 0 Å². The summed E-state index contributed by atoms with van der Waals surface area (Å²) in [4.78, 5) is 33.7. The Morgan fingerprint density at radius 3 is 2.59 bits per heavy atom. The lowest BCUT2D eigenvalue weighted by Gasteiger charge is -2.33. The molecule has 2 N–H and O–H groups in total. The fourth-order valence-corrected chi connectivity index (χ4v) is 4.03. The normalized spacial score (nSPS) is 16.6. The average molecular weight is 476 g/mol. The van der Waals surface area contributed by atoms with Gasteiger partial charge in [-0.1, -0.05) is 18.2 Å². The number of fused-ring (bicyclic) bond motifs is 1. The van der Waals surface area contributed by atoms with E-state index in [0.29, 0.717) is 5.82 Å². The number of nitrogens with zero attached hydrogens (tertiary/aromatic N) is 3. The predicted octanol–water partition coefficient (Wildman–Crippen LogP) is 4.38. The molecular weight excluding hydrogens is 449 g/mol. The van der Waals surface area contributed by atoms with Crippen molar-refractivity contribution in [3.63, 3.8) is 0 Å². The SMILES string of the molecule is Cc1cccc2[nH]c(CN3CCCC(C(=O)N(C)c4ccccn4)C3)cc12.O=C(O)C(F)(F)F. The van der Waals surface area contributed by atoms with Crippen molar-refractivity contribution in [2.75, 3.05) is 25.0 Å². The molecule has 1 atom stereocenters. The molecule has 1 unspecified atom stereocenters. The van der Waals surface area contributed by atoms with E-state index in [1.54, 1.807) is 11.1 Å². The highest BCUT2D eigenvalue weighted by atomic mass is 19.4. The van der Waals surface area contributed by atoms with Gasteiger partial charge in [0.2, 0.25) is 5.91 Å². The van der Waals surface area contributed by atoms with Crippen molar-refractivity contribution >= 4 is 28.6 Å². The van der Waals surface area contributed by atoms with E-state index in [0.717, 1.165) is 32.5 Å². The molecule has 0 spiro atoms. The van der Waals surface area contributed by atoms with Crippen LogP contribution in [0, 0.1) is 12.8 Å². The summed E-state index contributed by atoms with van der Waals surface area (Å²) in [5, 5.41) is 8.41. The minimum atomic E-state index is -5.08. The standard InChI is InChI=1S/C22H26N4O.C2HF3O2/c1-16-7-5-9-20-19(16)13-18(24-20)15-26-12-6-8-17(14-26)22(27)25(2)21-10-3-4-11-23-21;3-2(4,5)1(6)7/h3-5,7,9-11,13,17,24H,6,8,12,14-15H2,1-2H3;(H,6,7). The van der Waals surface area contributed by atoms with Crippen molar-refractivity contribution in [3.05, 3.63) is 59.9 Å². The molecule has 1 aliphatic rings. The Hall–Kier alpha value is -3.40. The quantitative estimate of drug-likeness (QED) is 0.584. The van der Waals surface area contributed by atoms with Gasteiger partial charge in [-0.05, 0) is 56.1 Å². The second kappa shape index (κ2) is 10.7. The number of amides is 1. The maximum Gasteiger partial charge on any atom is 0.490 e. The van der Waals surface area contributed by atoms with Gasteiger partial charge in [0.1, 0.15) is 5.82 Å². The van der Waals surface area contributed by atoms with E-state index in [9.17, 15) is 18.0 Å². The largest absolute Gasteiger partial charge is 0.490 e. The summed E-state index contributed by atoms with van der Waals surface area (Å²) in [6.45, 7) is 4.82. The summed E-state index contributed by atoms with van der Waals surface area (Å²) >= 11 is 0. The number of carbonyl (C=O) groups is 2. The Kier molecular flexibility index (Phi) is 7.93. The van der Waals surface area contributed by atoms with Crippen LogP contribution >= 0.6 is 0 Å². The number of aromatic amines is 1. The smallest absolute Gasteiger partial charge is 0.475 e. The maximum atomic E-state index is 12.9. The van der Waals surface area contributed by atoms with E-state index >= 15 is 0 Å². The van der Waals surface area contributed by atoms with Crippen LogP contribution in [-0.4, -0.2) is 58.2 Å². The highest BCUT2D eigenvalue weighted by Crippen LogP contribution is 2.24. The lowest BCUT2D eigenvalue weighted by molar-refractivity contribution is -0.192. The first-order valence-electron chi connectivity index (χ1n) is 10.8. The second-order valence-electron chi connectivity index (χ2n) is 8.29. The minimum absolute atomic E-state index is 0.0249. The topological polar surface area (TPSA) is 89.5 Å². The monoisotopic (exact) mass is 476 g/mol. The molecule has 0 bridgehead atoms. The first-order chi connectivity index (χ1) is 16.1. The number of alkyl halides is 3. The van der Waals surface area contributed by atoms with Crippen LogP contribution in [0.5, 0.6) is 0 Å². The van der Waals surface area contributed by atoms with Gasteiger partial charge >= 0.3 is 12.1 Å². The molecule has 2 aromatic heterocycles. The Balaban J connectivity index is 0.000000406. The molecule has 3 heterocycles. The Morgan fingerprint density at radius 2 is 1.97 bits per heavy atom. The molecule has 4 rings (SSSR count). The number of aliphatic carboxylic acids is 1. The van der Waals surface area contributed by atoms with Gasteiger partial charge in [0.25, 0.3) is 0 Å². The van der Waals surface area contributed by atoms with Crippen LogP contribution < -0.4 is 4.90 Å². The van der Waals surface area contributed by atoms with E-state index in [1.807, 2.05) is 25.2 Å². The lowest BCUT2D eigenvalue weighted by atomic mass is 9.96. The third-order valence-corrected chi connectivity index (χ3v) is 5.75. The van der Waals surface area contributed by atoms with E-state index in [4.69, 9.17) is 9.90 Å². The molecule has 1 aromatic carbocycles. The number of nitrogens with one attached hydrogen (secondary N) is 1. The van der Waals surface area contributed by atoms with E-state index in [-0.39, 0.29) is 11.8 Å². The Labute approximate surface area is 195 Å². The number of pyridine rings is 1. The number of H-pyrrole nitrogens is 1. The fraction of sp³-hybridized carbons (Fsp3) is 0.375. The number of hydrogen-bond donors (Lipinski definition) is 2. The zero-order valence-electron chi connectivity index (χ0n) is 19.0. The molecule has 1 aliphatic heterocycles. The maximum absolute atomic E-state index is 12.9. The Bertz CT molecular complexity index is 1130. The van der Waals surface area contributed by atoms with Gasteiger partial charge in [-0.2, -0.15) is 13.2 Å². The van der Waals surface area contributed by atoms with Gasteiger partial charge in [0.15, 0.2) is 0 Å². The molecule has 10 heteroatoms. The summed E-state index contributed by atoms with van der Waals surface area (Å²) in [5.74, 6) is -1.86. The van der Waals surface area contributed by atoms with Gasteiger partial charge in [-0.25, -0.2) is 9.78 Å². The molecule has 34 heavy (non-hydrogen) atoms. The van der Waals surface area contributed by atoms with Crippen LogP contribution in [0.2, 0.25) is 0 Å². The van der Waals surface area contributed by atoms with Crippen LogP contribution in [0.15, 0.2) is 48.7 Å². The molecular formula is C24H27F3N4O3. The number of anilines is 1. The number of aryl methyl sites for hydroxylation is 1. The van der Waals surface area contributed by atoms with Crippen LogP contribution in [0.25, 0.3) is 10.9 Å². The van der Waals surface area contributed by atoms with Gasteiger partial charge in [0, 0.05) is 42.9 Å². The molecule has 182 valence electrons. The van der Waals surface area contributed by atoms with Gasteiger partial charge < -0.3 is 10.1 Å². The molecule has 1 saturated heterocycles. The van der Waals surface area contributed by atoms with Crippen molar-refractivity contribution < 1.29 is 27.9 Å². The van der Waals surface area contributed by atoms with Crippen LogP contribution in [0.4, 0.5) is 19.0 Å². The highest BCUT2D eigenvalue weighted by Gasteiger charge is 2.38. The third kappa shape index (κ3) is 6.34. The highest BCUT2D eigenvalue weighted by molar-refractivity contribution is 5.93. The first kappa shape index (κ1) is 25.2. The average Bonchev–Trinajstić information content (AvgIpc) is 3.22. The van der Waals surface area contributed by atoms with Crippen molar-refractivity contribution in [1.82, 2.24) is 14.9 Å². The van der Waals surface area contributed by atoms with E-state index < -0.39 is 12.1 Å². The summed E-state index contributed by atoms with van der Waals surface area (Å²) in [5.41, 5.74) is 3.69. The number of halogens is 3. The van der Waals surface area contributed by atoms with Crippen LogP contribution in [-0.2, 0) is 16.1 Å². The number of carboxylic acid groups (broad SMARTS) is 1. The van der Waals surface area contributed by atoms with Gasteiger partial charge in [-0.15, -0.1) is 0 Å². The van der Waals surface area contributed by atoms with E-state index in [1.165, 1.54) is 22.2 Å². The fourth-order valence-electron chi connectivity index (χ4n) is 4.03. The molecule has 0 saturated carbocycles. The van der Waals surface area contributed by atoms with Crippen LogP contribution in [0.1, 0.15) is 24.1 Å². The minimum Gasteiger partial charge on any atom is -0.475 e. The lowest BCUT2D eigenvalue weighted by Crippen LogP contribution is -2.43. The van der Waals surface area contributed by atoms with Crippen molar-refractivity contribution in [1.29, 1.82) is 0 Å². The molecule has 7 nitrogen and oxygen atoms in total. The summed E-state index contributed by atoms with van der Waals surface area (Å²) in [6, 6.07) is 14.3. The second-order valence-corrected chi connectivity index (χ2v) is 8.29. The zero-order valence-corrected chi connectivity index (χ0v) is 19.0. The van der Waals surface area contributed by atoms with Gasteiger partial charge in [0.05, 0.1) is 5.92 Å². The number of benzene rings is 1. The van der Waals surface area contributed by atoms with Crippen molar-refractivity contribution in [2.45, 2.75) is 32.5 Å². The number of hydrogen-bond acceptors (Lipinski definition) is 4. The molecule has 0 radical (unpaired) electrons. The first-order valence-corrected chi connectivity index (χ1v) is 10.8. The molecule has 1 fully saturated rings.